The molecule has 12 heteroatoms. The molecule has 1 aromatic heterocycles. The summed E-state index contributed by atoms with van der Waals surface area (Å²) in [5.41, 5.74) is 0.475. The molecule has 0 saturated carbocycles. The number of nitrogens with zero attached hydrogens (tertiary/aromatic N) is 2. The molecule has 10 nitrogen and oxygen atoms in total. The molecule has 3 N–H and O–H groups in total. The Bertz CT molecular complexity index is 1400. The van der Waals surface area contributed by atoms with Gasteiger partial charge in [0.25, 0.3) is 5.91 Å². The zero-order valence-electron chi connectivity index (χ0n) is 20.2. The number of aromatic carboxylic acids is 1. The van der Waals surface area contributed by atoms with E-state index in [1.165, 1.54) is 29.8 Å². The predicted molar refractivity (Wildman–Crippen MR) is 136 cm³/mol. The van der Waals surface area contributed by atoms with Gasteiger partial charge in [-0.25, -0.2) is 22.6 Å². The van der Waals surface area contributed by atoms with Crippen molar-refractivity contribution >= 4 is 39.2 Å². The molecule has 1 heterocycles. The molecule has 192 valence electrons. The summed E-state index contributed by atoms with van der Waals surface area (Å²) in [6.07, 6.45) is 0.555. The van der Waals surface area contributed by atoms with E-state index in [1.54, 1.807) is 38.1 Å². The van der Waals surface area contributed by atoms with Crippen LogP contribution in [0.1, 0.15) is 59.6 Å². The molecule has 0 aliphatic carbocycles. The topological polar surface area (TPSA) is 140 Å². The van der Waals surface area contributed by atoms with Gasteiger partial charge in [0.2, 0.25) is 15.9 Å². The Labute approximate surface area is 214 Å². The lowest BCUT2D eigenvalue weighted by Crippen LogP contribution is -2.25. The van der Waals surface area contributed by atoms with E-state index in [4.69, 9.17) is 16.3 Å². The maximum atomic E-state index is 13.1. The molecule has 0 aliphatic heterocycles. The number of halogens is 1. The van der Waals surface area contributed by atoms with E-state index in [2.05, 4.69) is 15.1 Å². The smallest absolute Gasteiger partial charge is 0.356 e. The first-order valence-corrected chi connectivity index (χ1v) is 13.0. The van der Waals surface area contributed by atoms with E-state index in [9.17, 15) is 23.1 Å². The Balaban J connectivity index is 2.07. The molecule has 0 atom stereocenters. The fraction of sp³-hybridized carbons (Fsp3) is 0.292. The second-order valence-electron chi connectivity index (χ2n) is 8.22. The number of benzene rings is 2. The van der Waals surface area contributed by atoms with Crippen LogP contribution in [0.5, 0.6) is 11.6 Å². The summed E-state index contributed by atoms with van der Waals surface area (Å²) < 4.78 is 36.1. The van der Waals surface area contributed by atoms with Gasteiger partial charge in [-0.1, -0.05) is 30.7 Å². The molecule has 2 aromatic carbocycles. The highest BCUT2D eigenvalue weighted by atomic mass is 35.5. The summed E-state index contributed by atoms with van der Waals surface area (Å²) in [5.74, 6) is -1.70. The quantitative estimate of drug-likeness (QED) is 0.337. The van der Waals surface area contributed by atoms with E-state index >= 15 is 0 Å². The lowest BCUT2D eigenvalue weighted by atomic mass is 10.2. The number of amides is 1. The number of hydrogen-bond donors (Lipinski definition) is 3. The van der Waals surface area contributed by atoms with Gasteiger partial charge in [-0.05, 0) is 57.5 Å². The summed E-state index contributed by atoms with van der Waals surface area (Å²) in [5, 5.41) is 16.5. The molecule has 3 rings (SSSR count). The molecule has 0 saturated heterocycles. The number of sulfonamides is 1. The van der Waals surface area contributed by atoms with Crippen molar-refractivity contribution in [2.45, 2.75) is 45.1 Å². The fourth-order valence-corrected chi connectivity index (χ4v) is 4.83. The third-order valence-corrected chi connectivity index (χ3v) is 6.95. The van der Waals surface area contributed by atoms with Crippen LogP contribution in [0.25, 0.3) is 0 Å². The van der Waals surface area contributed by atoms with Crippen molar-refractivity contribution in [3.63, 3.8) is 0 Å². The van der Waals surface area contributed by atoms with Gasteiger partial charge in [-0.3, -0.25) is 4.79 Å². The Morgan fingerprint density at radius 1 is 1.19 bits per heavy atom. The lowest BCUT2D eigenvalue weighted by Gasteiger charge is -2.17. The summed E-state index contributed by atoms with van der Waals surface area (Å²) >= 11 is 6.10. The van der Waals surface area contributed by atoms with E-state index in [-0.39, 0.29) is 56.6 Å². The molecular weight excluding hydrogens is 508 g/mol. The first-order valence-electron chi connectivity index (χ1n) is 11.2. The molecule has 0 bridgehead atoms. The van der Waals surface area contributed by atoms with Gasteiger partial charge in [0, 0.05) is 17.8 Å². The van der Waals surface area contributed by atoms with Crippen molar-refractivity contribution in [3.8, 4) is 11.6 Å². The minimum Gasteiger partial charge on any atom is -0.476 e. The molecule has 0 aliphatic rings. The number of nitrogens with one attached hydrogen (secondary N) is 2. The van der Waals surface area contributed by atoms with Crippen LogP contribution in [-0.2, 0) is 10.0 Å². The van der Waals surface area contributed by atoms with Crippen LogP contribution in [0.15, 0.2) is 47.4 Å². The number of anilines is 1. The van der Waals surface area contributed by atoms with E-state index in [1.807, 2.05) is 6.92 Å². The van der Waals surface area contributed by atoms with Crippen LogP contribution in [0.4, 0.5) is 5.69 Å². The number of ether oxygens (including phenoxy) is 1. The zero-order chi connectivity index (χ0) is 26.6. The minimum absolute atomic E-state index is 0.0591. The van der Waals surface area contributed by atoms with Crippen molar-refractivity contribution in [1.82, 2.24) is 14.5 Å². The molecule has 0 spiro atoms. The number of carbonyl (C=O) groups is 2. The SMILES string of the molecule is CCCNS(=O)(=O)c1cc(NC(=O)c2ccccc2Cl)ccc1Oc1c(C)c(C(=O)O)nn1C(C)C. The zero-order valence-corrected chi connectivity index (χ0v) is 21.8. The van der Waals surface area contributed by atoms with Crippen molar-refractivity contribution in [2.75, 3.05) is 11.9 Å². The average molecular weight is 535 g/mol. The highest BCUT2D eigenvalue weighted by Gasteiger charge is 2.26. The van der Waals surface area contributed by atoms with Crippen LogP contribution >= 0.6 is 11.6 Å². The number of carboxylic acids is 1. The summed E-state index contributed by atoms with van der Waals surface area (Å²) in [7, 11) is -4.06. The Morgan fingerprint density at radius 2 is 1.89 bits per heavy atom. The van der Waals surface area contributed by atoms with E-state index in [0.29, 0.717) is 6.42 Å². The number of carboxylic acid groups (broad SMARTS) is 1. The van der Waals surface area contributed by atoms with E-state index < -0.39 is 21.9 Å². The molecular formula is C24H27ClN4O6S. The van der Waals surface area contributed by atoms with Gasteiger partial charge in [-0.2, -0.15) is 5.10 Å². The molecule has 36 heavy (non-hydrogen) atoms. The van der Waals surface area contributed by atoms with Crippen LogP contribution in [0, 0.1) is 6.92 Å². The molecule has 0 unspecified atom stereocenters. The van der Waals surface area contributed by atoms with Crippen molar-refractivity contribution in [2.24, 2.45) is 0 Å². The second kappa shape index (κ2) is 11.1. The number of hydrogen-bond acceptors (Lipinski definition) is 6. The van der Waals surface area contributed by atoms with Gasteiger partial charge in [0.05, 0.1) is 16.6 Å². The summed E-state index contributed by atoms with van der Waals surface area (Å²) in [6, 6.07) is 10.3. The van der Waals surface area contributed by atoms with Gasteiger partial charge >= 0.3 is 5.97 Å². The molecule has 1 amide bonds. The van der Waals surface area contributed by atoms with Gasteiger partial charge < -0.3 is 15.2 Å². The molecule has 3 aromatic rings. The van der Waals surface area contributed by atoms with Crippen molar-refractivity contribution < 1.29 is 27.9 Å². The number of aromatic nitrogens is 2. The highest BCUT2D eigenvalue weighted by Crippen LogP contribution is 2.35. The minimum atomic E-state index is -4.06. The van der Waals surface area contributed by atoms with Crippen LogP contribution in [-0.4, -0.2) is 41.7 Å². The van der Waals surface area contributed by atoms with Crippen LogP contribution < -0.4 is 14.8 Å². The standard InChI is InChI=1S/C24H27ClN4O6S/c1-5-12-26-36(33,34)20-13-16(27-22(30)17-8-6-7-9-18(17)25)10-11-19(20)35-23-15(4)21(24(31)32)28-29(23)14(2)3/h6-11,13-14,26H,5,12H2,1-4H3,(H,27,30)(H,31,32). The maximum absolute atomic E-state index is 13.1. The third-order valence-electron chi connectivity index (χ3n) is 5.14. The number of carbonyl (C=O) groups excluding carboxylic acids is 1. The lowest BCUT2D eigenvalue weighted by molar-refractivity contribution is 0.0688. The van der Waals surface area contributed by atoms with Crippen molar-refractivity contribution in [3.05, 3.63) is 64.3 Å². The summed E-state index contributed by atoms with van der Waals surface area (Å²) in [6.45, 7) is 7.12. The number of rotatable bonds is 10. The van der Waals surface area contributed by atoms with Gasteiger partial charge in [0.1, 0.15) is 10.6 Å². The average Bonchev–Trinajstić information content (AvgIpc) is 3.15. The van der Waals surface area contributed by atoms with Crippen molar-refractivity contribution in [1.29, 1.82) is 0 Å². The molecule has 0 radical (unpaired) electrons. The first-order chi connectivity index (χ1) is 17.0. The first kappa shape index (κ1) is 27.2. The third kappa shape index (κ3) is 5.86. The maximum Gasteiger partial charge on any atom is 0.356 e. The fourth-order valence-electron chi connectivity index (χ4n) is 3.32. The van der Waals surface area contributed by atoms with E-state index in [0.717, 1.165) is 0 Å². The van der Waals surface area contributed by atoms with Gasteiger partial charge in [-0.15, -0.1) is 0 Å². The van der Waals surface area contributed by atoms with Gasteiger partial charge in [0.15, 0.2) is 5.69 Å². The Morgan fingerprint density at radius 3 is 2.50 bits per heavy atom. The Hall–Kier alpha value is -3.41. The predicted octanol–water partition coefficient (Wildman–Crippen LogP) is 4.86. The monoisotopic (exact) mass is 534 g/mol. The highest BCUT2D eigenvalue weighted by molar-refractivity contribution is 7.89. The molecule has 0 fully saturated rings. The van der Waals surface area contributed by atoms with Crippen LogP contribution in [0.2, 0.25) is 5.02 Å². The van der Waals surface area contributed by atoms with Crippen LogP contribution in [0.3, 0.4) is 0 Å². The summed E-state index contributed by atoms with van der Waals surface area (Å²) in [4.78, 5) is 24.1. The Kier molecular flexibility index (Phi) is 8.39. The normalized spacial score (nSPS) is 11.5. The largest absolute Gasteiger partial charge is 0.476 e. The second-order valence-corrected chi connectivity index (χ2v) is 10.4.